The molecule has 0 spiro atoms. The highest BCUT2D eigenvalue weighted by Crippen LogP contribution is 2.25. The molecule has 0 unspecified atom stereocenters. The van der Waals surface area contributed by atoms with Crippen LogP contribution in [0.1, 0.15) is 61.4 Å². The molecule has 0 atom stereocenters. The predicted octanol–water partition coefficient (Wildman–Crippen LogP) is 4.22. The molecule has 0 saturated heterocycles. The van der Waals surface area contributed by atoms with E-state index < -0.39 is 0 Å². The van der Waals surface area contributed by atoms with E-state index in [-0.39, 0.29) is 5.91 Å². The third-order valence-electron chi connectivity index (χ3n) is 4.41. The molecule has 1 aromatic carbocycles. The number of nitrogens with one attached hydrogen (secondary N) is 1. The molecule has 0 aliphatic heterocycles. The maximum atomic E-state index is 12.8. The van der Waals surface area contributed by atoms with Gasteiger partial charge in [0.05, 0.1) is 5.56 Å². The fourth-order valence-corrected chi connectivity index (χ4v) is 3.07. The van der Waals surface area contributed by atoms with Crippen LogP contribution in [0.3, 0.4) is 0 Å². The second-order valence-electron chi connectivity index (χ2n) is 6.18. The Kier molecular flexibility index (Phi) is 5.66. The molecule has 0 bridgehead atoms. The van der Waals surface area contributed by atoms with E-state index in [0.29, 0.717) is 6.04 Å². The molecule has 1 aliphatic rings. The summed E-state index contributed by atoms with van der Waals surface area (Å²) in [7, 11) is 1.96. The van der Waals surface area contributed by atoms with Gasteiger partial charge in [-0.05, 0) is 43.9 Å². The third kappa shape index (κ3) is 3.99. The Labute approximate surface area is 128 Å². The van der Waals surface area contributed by atoms with Crippen molar-refractivity contribution in [2.24, 2.45) is 0 Å². The standard InChI is InChI=1S/C18H28N2O/c1-4-12-19-17-13-14(2)10-11-16(17)18(21)20(3)15-8-6-5-7-9-15/h10-11,13,15,19H,4-9,12H2,1-3H3. The minimum atomic E-state index is 0.153. The maximum Gasteiger partial charge on any atom is 0.255 e. The summed E-state index contributed by atoms with van der Waals surface area (Å²) >= 11 is 0. The summed E-state index contributed by atoms with van der Waals surface area (Å²) in [5.41, 5.74) is 2.97. The number of nitrogens with zero attached hydrogens (tertiary/aromatic N) is 1. The zero-order valence-electron chi connectivity index (χ0n) is 13.6. The summed E-state index contributed by atoms with van der Waals surface area (Å²) in [5.74, 6) is 0.153. The lowest BCUT2D eigenvalue weighted by Crippen LogP contribution is -2.38. The van der Waals surface area contributed by atoms with Crippen LogP contribution in [0.15, 0.2) is 18.2 Å². The fraction of sp³-hybridized carbons (Fsp3) is 0.611. The Morgan fingerprint density at radius 2 is 2.00 bits per heavy atom. The molecule has 21 heavy (non-hydrogen) atoms. The zero-order valence-corrected chi connectivity index (χ0v) is 13.6. The Balaban J connectivity index is 2.16. The number of amides is 1. The first kappa shape index (κ1) is 15.9. The lowest BCUT2D eigenvalue weighted by atomic mass is 9.94. The largest absolute Gasteiger partial charge is 0.384 e. The van der Waals surface area contributed by atoms with Gasteiger partial charge in [0.15, 0.2) is 0 Å². The van der Waals surface area contributed by atoms with Crippen LogP contribution in [0.25, 0.3) is 0 Å². The molecule has 116 valence electrons. The van der Waals surface area contributed by atoms with Crippen molar-refractivity contribution >= 4 is 11.6 Å². The van der Waals surface area contributed by atoms with Crippen molar-refractivity contribution in [3.05, 3.63) is 29.3 Å². The van der Waals surface area contributed by atoms with Crippen molar-refractivity contribution in [1.29, 1.82) is 0 Å². The van der Waals surface area contributed by atoms with Gasteiger partial charge in [-0.15, -0.1) is 0 Å². The Morgan fingerprint density at radius 1 is 1.29 bits per heavy atom. The lowest BCUT2D eigenvalue weighted by molar-refractivity contribution is 0.0697. The zero-order chi connectivity index (χ0) is 15.2. The van der Waals surface area contributed by atoms with Crippen LogP contribution in [-0.2, 0) is 0 Å². The average molecular weight is 288 g/mol. The molecule has 0 radical (unpaired) electrons. The van der Waals surface area contributed by atoms with Gasteiger partial charge in [-0.3, -0.25) is 4.79 Å². The second-order valence-corrected chi connectivity index (χ2v) is 6.18. The first-order valence-corrected chi connectivity index (χ1v) is 8.25. The van der Waals surface area contributed by atoms with E-state index in [4.69, 9.17) is 0 Å². The first-order valence-electron chi connectivity index (χ1n) is 8.25. The first-order chi connectivity index (χ1) is 10.1. The van der Waals surface area contributed by atoms with Gasteiger partial charge < -0.3 is 10.2 Å². The van der Waals surface area contributed by atoms with Crippen molar-refractivity contribution in [3.63, 3.8) is 0 Å². The molecule has 1 fully saturated rings. The van der Waals surface area contributed by atoms with Crippen LogP contribution in [0.2, 0.25) is 0 Å². The molecule has 3 nitrogen and oxygen atoms in total. The lowest BCUT2D eigenvalue weighted by Gasteiger charge is -2.31. The summed E-state index contributed by atoms with van der Waals surface area (Å²) in [6, 6.07) is 6.48. The van der Waals surface area contributed by atoms with Gasteiger partial charge >= 0.3 is 0 Å². The quantitative estimate of drug-likeness (QED) is 0.879. The smallest absolute Gasteiger partial charge is 0.255 e. The number of benzene rings is 1. The third-order valence-corrected chi connectivity index (χ3v) is 4.41. The van der Waals surface area contributed by atoms with Crippen molar-refractivity contribution in [1.82, 2.24) is 4.90 Å². The monoisotopic (exact) mass is 288 g/mol. The van der Waals surface area contributed by atoms with Crippen LogP contribution >= 0.6 is 0 Å². The Hall–Kier alpha value is -1.51. The maximum absolute atomic E-state index is 12.8. The molecule has 1 aliphatic carbocycles. The average Bonchev–Trinajstić information content (AvgIpc) is 2.52. The molecule has 0 aromatic heterocycles. The van der Waals surface area contributed by atoms with E-state index in [1.165, 1.54) is 24.8 Å². The highest BCUT2D eigenvalue weighted by Gasteiger charge is 2.24. The molecule has 2 rings (SSSR count). The van der Waals surface area contributed by atoms with Crippen molar-refractivity contribution < 1.29 is 4.79 Å². The Morgan fingerprint density at radius 3 is 2.67 bits per heavy atom. The molecule has 1 N–H and O–H groups in total. The predicted molar refractivity (Wildman–Crippen MR) is 88.9 cm³/mol. The number of carbonyl (C=O) groups is 1. The van der Waals surface area contributed by atoms with Crippen LogP contribution in [0, 0.1) is 6.92 Å². The summed E-state index contributed by atoms with van der Waals surface area (Å²) in [6.07, 6.45) is 7.15. The molecule has 1 saturated carbocycles. The van der Waals surface area contributed by atoms with E-state index in [1.807, 2.05) is 24.1 Å². The van der Waals surface area contributed by atoms with Crippen molar-refractivity contribution in [3.8, 4) is 0 Å². The minimum Gasteiger partial charge on any atom is -0.384 e. The Bertz CT molecular complexity index is 478. The second kappa shape index (κ2) is 7.48. The van der Waals surface area contributed by atoms with E-state index in [9.17, 15) is 4.79 Å². The molecular formula is C18H28N2O. The number of hydrogen-bond donors (Lipinski definition) is 1. The van der Waals surface area contributed by atoms with Gasteiger partial charge in [-0.2, -0.15) is 0 Å². The highest BCUT2D eigenvalue weighted by atomic mass is 16.2. The number of aryl methyl sites for hydroxylation is 1. The van der Waals surface area contributed by atoms with Crippen molar-refractivity contribution in [2.45, 2.75) is 58.4 Å². The molecular weight excluding hydrogens is 260 g/mol. The number of anilines is 1. The van der Waals surface area contributed by atoms with E-state index >= 15 is 0 Å². The number of rotatable bonds is 5. The minimum absolute atomic E-state index is 0.153. The SMILES string of the molecule is CCCNc1cc(C)ccc1C(=O)N(C)C1CCCCC1. The van der Waals surface area contributed by atoms with Crippen LogP contribution in [0.5, 0.6) is 0 Å². The summed E-state index contributed by atoms with van der Waals surface area (Å²) in [5, 5.41) is 3.39. The topological polar surface area (TPSA) is 32.3 Å². The summed E-state index contributed by atoms with van der Waals surface area (Å²) in [4.78, 5) is 14.8. The highest BCUT2D eigenvalue weighted by molar-refractivity contribution is 5.99. The summed E-state index contributed by atoms with van der Waals surface area (Å²) in [6.45, 7) is 5.10. The van der Waals surface area contributed by atoms with E-state index in [1.54, 1.807) is 0 Å². The van der Waals surface area contributed by atoms with E-state index in [2.05, 4.69) is 25.2 Å². The van der Waals surface area contributed by atoms with Gasteiger partial charge in [0.2, 0.25) is 0 Å². The molecule has 3 heteroatoms. The van der Waals surface area contributed by atoms with E-state index in [0.717, 1.165) is 37.1 Å². The van der Waals surface area contributed by atoms with Crippen LogP contribution in [-0.4, -0.2) is 30.4 Å². The van der Waals surface area contributed by atoms with Gasteiger partial charge in [0.25, 0.3) is 5.91 Å². The molecule has 0 heterocycles. The van der Waals surface area contributed by atoms with Crippen LogP contribution < -0.4 is 5.32 Å². The number of hydrogen-bond acceptors (Lipinski definition) is 2. The normalized spacial score (nSPS) is 15.8. The van der Waals surface area contributed by atoms with Gasteiger partial charge in [0.1, 0.15) is 0 Å². The van der Waals surface area contributed by atoms with Crippen LogP contribution in [0.4, 0.5) is 5.69 Å². The summed E-state index contributed by atoms with van der Waals surface area (Å²) < 4.78 is 0. The fourth-order valence-electron chi connectivity index (χ4n) is 3.07. The van der Waals surface area contributed by atoms with Gasteiger partial charge in [-0.25, -0.2) is 0 Å². The van der Waals surface area contributed by atoms with Gasteiger partial charge in [0, 0.05) is 25.3 Å². The molecule has 1 amide bonds. The van der Waals surface area contributed by atoms with Crippen molar-refractivity contribution in [2.75, 3.05) is 18.9 Å². The molecule has 1 aromatic rings. The van der Waals surface area contributed by atoms with Gasteiger partial charge in [-0.1, -0.05) is 32.3 Å². The number of carbonyl (C=O) groups excluding carboxylic acids is 1.